The molecule has 1 fully saturated rings. The number of aromatic nitrogens is 3. The first-order valence-electron chi connectivity index (χ1n) is 13.1. The molecule has 41 heavy (non-hydrogen) atoms. The fraction of sp³-hybridized carbons (Fsp3) is 0.276. The topological polar surface area (TPSA) is 135 Å². The Balaban J connectivity index is 1.37. The first-order valence-corrected chi connectivity index (χ1v) is 15.0. The highest BCUT2D eigenvalue weighted by molar-refractivity contribution is 7.90. The molecule has 0 unspecified atom stereocenters. The van der Waals surface area contributed by atoms with Crippen LogP contribution >= 0.6 is 0 Å². The number of nitrogens with zero attached hydrogens (tertiary/aromatic N) is 5. The number of rotatable bonds is 6. The maximum Gasteiger partial charge on any atom is 0.256 e. The van der Waals surface area contributed by atoms with Gasteiger partial charge < -0.3 is 15.1 Å². The van der Waals surface area contributed by atoms with Gasteiger partial charge in [-0.1, -0.05) is 12.1 Å². The summed E-state index contributed by atoms with van der Waals surface area (Å²) in [6.45, 7) is 5.99. The lowest BCUT2D eigenvalue weighted by Crippen LogP contribution is -2.48. The van der Waals surface area contributed by atoms with Gasteiger partial charge in [-0.05, 0) is 55.0 Å². The summed E-state index contributed by atoms with van der Waals surface area (Å²) < 4.78 is 24.8. The van der Waals surface area contributed by atoms with Crippen LogP contribution in [0.1, 0.15) is 28.5 Å². The molecule has 0 spiro atoms. The van der Waals surface area contributed by atoms with E-state index in [0.717, 1.165) is 22.9 Å². The minimum atomic E-state index is -3.29. The number of anilines is 1. The molecule has 2 amide bonds. The van der Waals surface area contributed by atoms with Crippen LogP contribution in [-0.4, -0.2) is 72.1 Å². The van der Waals surface area contributed by atoms with Gasteiger partial charge in [0.15, 0.2) is 15.5 Å². The predicted octanol–water partition coefficient (Wildman–Crippen LogP) is 2.09. The Kier molecular flexibility index (Phi) is 7.59. The van der Waals surface area contributed by atoms with Gasteiger partial charge in [0.05, 0.1) is 16.3 Å². The van der Waals surface area contributed by atoms with Crippen LogP contribution < -0.4 is 15.8 Å². The third-order valence-electron chi connectivity index (χ3n) is 7.13. The first kappa shape index (κ1) is 28.0. The lowest BCUT2D eigenvalue weighted by atomic mass is 10.1. The Morgan fingerprint density at radius 2 is 1.56 bits per heavy atom. The average Bonchev–Trinajstić information content (AvgIpc) is 2.95. The second-order valence-electron chi connectivity index (χ2n) is 9.99. The van der Waals surface area contributed by atoms with Crippen LogP contribution in [0.15, 0.2) is 70.4 Å². The number of sulfone groups is 1. The number of carbonyl (C=O) groups excluding carboxylic acids is 2. The van der Waals surface area contributed by atoms with E-state index in [9.17, 15) is 22.8 Å². The molecule has 1 saturated heterocycles. The summed E-state index contributed by atoms with van der Waals surface area (Å²) in [4.78, 5) is 51.0. The molecule has 3 heterocycles. The van der Waals surface area contributed by atoms with E-state index in [-0.39, 0.29) is 28.8 Å². The average molecular weight is 575 g/mol. The molecule has 0 saturated carbocycles. The minimum absolute atomic E-state index is 0.0366. The van der Waals surface area contributed by atoms with Gasteiger partial charge in [-0.25, -0.2) is 13.4 Å². The van der Waals surface area contributed by atoms with Crippen molar-refractivity contribution in [3.8, 4) is 5.69 Å². The molecule has 2 aromatic carbocycles. The zero-order chi connectivity index (χ0) is 29.3. The van der Waals surface area contributed by atoms with Gasteiger partial charge in [0.25, 0.3) is 11.5 Å². The number of piperazine rings is 1. The highest BCUT2D eigenvalue weighted by Crippen LogP contribution is 2.22. The molecule has 2 aromatic heterocycles. The molecule has 0 atom stereocenters. The van der Waals surface area contributed by atoms with E-state index >= 15 is 0 Å². The molecule has 1 N–H and O–H groups in total. The van der Waals surface area contributed by atoms with Gasteiger partial charge in [0.1, 0.15) is 0 Å². The molecule has 11 nitrogen and oxygen atoms in total. The van der Waals surface area contributed by atoms with E-state index in [0.29, 0.717) is 49.0 Å². The molecule has 0 bridgehead atoms. The Morgan fingerprint density at radius 3 is 2.17 bits per heavy atom. The number of fused-ring (bicyclic) bond motifs is 1. The summed E-state index contributed by atoms with van der Waals surface area (Å²) in [6, 6.07) is 16.2. The highest BCUT2D eigenvalue weighted by Gasteiger charge is 2.22. The van der Waals surface area contributed by atoms with Crippen molar-refractivity contribution in [2.75, 3.05) is 37.3 Å². The van der Waals surface area contributed by atoms with E-state index < -0.39 is 9.84 Å². The number of pyridine rings is 1. The molecular weight excluding hydrogens is 544 g/mol. The van der Waals surface area contributed by atoms with Crippen molar-refractivity contribution < 1.29 is 18.0 Å². The molecule has 0 aliphatic carbocycles. The van der Waals surface area contributed by atoms with E-state index in [2.05, 4.69) is 10.3 Å². The predicted molar refractivity (Wildman–Crippen MR) is 155 cm³/mol. The summed E-state index contributed by atoms with van der Waals surface area (Å²) in [5, 5.41) is 3.56. The van der Waals surface area contributed by atoms with Crippen LogP contribution in [0.25, 0.3) is 16.7 Å². The van der Waals surface area contributed by atoms with E-state index in [4.69, 9.17) is 4.98 Å². The van der Waals surface area contributed by atoms with Gasteiger partial charge in [-0.3, -0.25) is 19.0 Å². The van der Waals surface area contributed by atoms with Crippen LogP contribution in [0, 0.1) is 6.92 Å². The number of carbonyl (C=O) groups is 2. The number of benzene rings is 2. The van der Waals surface area contributed by atoms with E-state index in [1.54, 1.807) is 54.3 Å². The number of hydrogen-bond donors (Lipinski definition) is 1. The lowest BCUT2D eigenvalue weighted by Gasteiger charge is -2.34. The van der Waals surface area contributed by atoms with Gasteiger partial charge in [0.2, 0.25) is 11.9 Å². The van der Waals surface area contributed by atoms with Gasteiger partial charge in [-0.2, -0.15) is 4.98 Å². The lowest BCUT2D eigenvalue weighted by molar-refractivity contribution is -0.129. The van der Waals surface area contributed by atoms with Crippen molar-refractivity contribution in [3.63, 3.8) is 0 Å². The SMILES string of the molecule is CC(=O)N1CCN(c2nc(C)c3ccc(=O)n(-c4ccc(C(=O)NCc5ccc(S(C)(=O)=O)cc5)cc4)c3n2)CC1. The molecule has 1 aliphatic heterocycles. The number of amides is 2. The fourth-order valence-electron chi connectivity index (χ4n) is 4.76. The van der Waals surface area contributed by atoms with E-state index in [1.807, 2.05) is 11.8 Å². The van der Waals surface area contributed by atoms with Gasteiger partial charge >= 0.3 is 0 Å². The fourth-order valence-corrected chi connectivity index (χ4v) is 5.39. The van der Waals surface area contributed by atoms with Crippen molar-refractivity contribution in [1.82, 2.24) is 24.8 Å². The first-order chi connectivity index (χ1) is 19.5. The third kappa shape index (κ3) is 5.97. The smallest absolute Gasteiger partial charge is 0.256 e. The summed E-state index contributed by atoms with van der Waals surface area (Å²) in [5.41, 5.74) is 2.65. The largest absolute Gasteiger partial charge is 0.348 e. The molecule has 0 radical (unpaired) electrons. The molecule has 5 rings (SSSR count). The van der Waals surface area contributed by atoms with Crippen LogP contribution in [0.3, 0.4) is 0 Å². The molecule has 212 valence electrons. The van der Waals surface area contributed by atoms with Crippen LogP contribution in [-0.2, 0) is 21.2 Å². The summed E-state index contributed by atoms with van der Waals surface area (Å²) in [6.07, 6.45) is 1.14. The quantitative estimate of drug-likeness (QED) is 0.370. The van der Waals surface area contributed by atoms with Crippen molar-refractivity contribution >= 4 is 38.6 Å². The van der Waals surface area contributed by atoms with Crippen molar-refractivity contribution in [2.45, 2.75) is 25.3 Å². The summed E-state index contributed by atoms with van der Waals surface area (Å²) >= 11 is 0. The van der Waals surface area contributed by atoms with E-state index in [1.165, 1.54) is 22.8 Å². The number of hydrogen-bond acceptors (Lipinski definition) is 8. The van der Waals surface area contributed by atoms with Crippen LogP contribution in [0.2, 0.25) is 0 Å². The zero-order valence-electron chi connectivity index (χ0n) is 23.0. The summed E-state index contributed by atoms with van der Waals surface area (Å²) in [5.74, 6) is 0.228. The number of nitrogens with one attached hydrogen (secondary N) is 1. The van der Waals surface area contributed by atoms with Crippen molar-refractivity contribution in [2.24, 2.45) is 0 Å². The molecule has 1 aliphatic rings. The normalized spacial score (nSPS) is 13.8. The Bertz CT molecular complexity index is 1790. The molecule has 4 aromatic rings. The van der Waals surface area contributed by atoms with Gasteiger partial charge in [-0.15, -0.1) is 0 Å². The standard InChI is InChI=1S/C29H30N6O5S/c1-19-25-12-13-26(37)35(27(25)32-29(31-19)34-16-14-33(15-17-34)20(2)36)23-8-6-22(7-9-23)28(38)30-18-21-4-10-24(11-5-21)41(3,39)40/h4-13H,14-18H2,1-3H3,(H,30,38). The zero-order valence-corrected chi connectivity index (χ0v) is 23.8. The Morgan fingerprint density at radius 1 is 0.902 bits per heavy atom. The monoisotopic (exact) mass is 574 g/mol. The van der Waals surface area contributed by atoms with Crippen molar-refractivity contribution in [1.29, 1.82) is 0 Å². The minimum Gasteiger partial charge on any atom is -0.348 e. The molecule has 12 heteroatoms. The highest BCUT2D eigenvalue weighted by atomic mass is 32.2. The van der Waals surface area contributed by atoms with Gasteiger partial charge in [0, 0.05) is 62.9 Å². The van der Waals surface area contributed by atoms with Crippen molar-refractivity contribution in [3.05, 3.63) is 87.8 Å². The maximum absolute atomic E-state index is 13.0. The van der Waals surface area contributed by atoms with Crippen LogP contribution in [0.4, 0.5) is 5.95 Å². The Hall–Kier alpha value is -4.58. The maximum atomic E-state index is 13.0. The summed E-state index contributed by atoms with van der Waals surface area (Å²) in [7, 11) is -3.29. The second kappa shape index (κ2) is 11.1. The van der Waals surface area contributed by atoms with Crippen LogP contribution in [0.5, 0.6) is 0 Å². The molecular formula is C29H30N6O5S. The second-order valence-corrected chi connectivity index (χ2v) is 12.0. The third-order valence-corrected chi connectivity index (χ3v) is 8.26. The number of aryl methyl sites for hydroxylation is 1. The Labute approximate surface area is 237 Å².